The van der Waals surface area contributed by atoms with Crippen LogP contribution in [0.15, 0.2) is 42.6 Å². The van der Waals surface area contributed by atoms with Crippen molar-refractivity contribution < 1.29 is 18.8 Å². The summed E-state index contributed by atoms with van der Waals surface area (Å²) in [5.41, 5.74) is 1.25. The van der Waals surface area contributed by atoms with Gasteiger partial charge in [-0.1, -0.05) is 0 Å². The number of methoxy groups -OCH3 is 1. The lowest BCUT2D eigenvalue weighted by Crippen LogP contribution is -1.94. The van der Waals surface area contributed by atoms with Crippen LogP contribution in [0.2, 0.25) is 0 Å². The third-order valence-corrected chi connectivity index (χ3v) is 3.56. The van der Waals surface area contributed by atoms with Gasteiger partial charge in [0.15, 0.2) is 11.6 Å². The van der Waals surface area contributed by atoms with Crippen molar-refractivity contribution in [1.82, 2.24) is 4.98 Å². The largest absolute Gasteiger partial charge is 0.496 e. The number of hydrogen-bond acceptors (Lipinski definition) is 5. The van der Waals surface area contributed by atoms with Gasteiger partial charge in [-0.3, -0.25) is 15.1 Å². The van der Waals surface area contributed by atoms with Crippen LogP contribution in [0.3, 0.4) is 0 Å². The normalized spacial score (nSPS) is 10.6. The molecule has 24 heavy (non-hydrogen) atoms. The standard InChI is InChI=1S/C17H13FN2O4/c1-10-7-14-12(9-17(10)23-2)15(5-6-19-14)24-16-4-3-11(20(21)22)8-13(16)18/h3-9H,1-2H3. The fraction of sp³-hybridized carbons (Fsp3) is 0.118. The van der Waals surface area contributed by atoms with E-state index in [9.17, 15) is 14.5 Å². The molecule has 0 aliphatic carbocycles. The highest BCUT2D eigenvalue weighted by molar-refractivity contribution is 5.87. The van der Waals surface area contributed by atoms with Crippen LogP contribution in [0.4, 0.5) is 10.1 Å². The molecule has 1 aromatic heterocycles. The van der Waals surface area contributed by atoms with E-state index in [0.29, 0.717) is 22.4 Å². The lowest BCUT2D eigenvalue weighted by molar-refractivity contribution is -0.385. The van der Waals surface area contributed by atoms with Crippen LogP contribution in [0, 0.1) is 22.9 Å². The highest BCUT2D eigenvalue weighted by atomic mass is 19.1. The third kappa shape index (κ3) is 2.83. The first-order valence-corrected chi connectivity index (χ1v) is 7.04. The molecule has 0 spiro atoms. The fourth-order valence-electron chi connectivity index (χ4n) is 2.37. The Balaban J connectivity index is 2.05. The molecule has 3 aromatic rings. The second-order valence-corrected chi connectivity index (χ2v) is 5.12. The first-order chi connectivity index (χ1) is 11.5. The van der Waals surface area contributed by atoms with E-state index in [1.54, 1.807) is 25.4 Å². The molecule has 0 radical (unpaired) electrons. The molecule has 6 nitrogen and oxygen atoms in total. The van der Waals surface area contributed by atoms with E-state index < -0.39 is 10.7 Å². The molecular weight excluding hydrogens is 315 g/mol. The number of nitrogens with zero attached hydrogens (tertiary/aromatic N) is 2. The Kier molecular flexibility index (Phi) is 3.99. The summed E-state index contributed by atoms with van der Waals surface area (Å²) in [5, 5.41) is 11.3. The predicted octanol–water partition coefficient (Wildman–Crippen LogP) is 4.39. The number of halogens is 1. The van der Waals surface area contributed by atoms with Crippen molar-refractivity contribution >= 4 is 16.6 Å². The Hall–Kier alpha value is -3.22. The molecule has 0 saturated carbocycles. The maximum atomic E-state index is 14.0. The Labute approximate surface area is 136 Å². The maximum absolute atomic E-state index is 14.0. The van der Waals surface area contributed by atoms with Crippen molar-refractivity contribution in [2.75, 3.05) is 7.11 Å². The topological polar surface area (TPSA) is 74.5 Å². The Morgan fingerprint density at radius 2 is 1.92 bits per heavy atom. The Morgan fingerprint density at radius 1 is 1.12 bits per heavy atom. The number of nitro groups is 1. The Bertz CT molecular complexity index is 943. The molecule has 0 atom stereocenters. The van der Waals surface area contributed by atoms with Crippen LogP contribution in [0.25, 0.3) is 10.9 Å². The molecule has 0 bridgehead atoms. The summed E-state index contributed by atoms with van der Waals surface area (Å²) >= 11 is 0. The number of hydrogen-bond donors (Lipinski definition) is 0. The van der Waals surface area contributed by atoms with E-state index in [2.05, 4.69) is 4.98 Å². The number of benzene rings is 2. The van der Waals surface area contributed by atoms with Gasteiger partial charge in [-0.05, 0) is 36.8 Å². The third-order valence-electron chi connectivity index (χ3n) is 3.56. The second kappa shape index (κ2) is 6.11. The van der Waals surface area contributed by atoms with Gasteiger partial charge >= 0.3 is 0 Å². The zero-order valence-electron chi connectivity index (χ0n) is 12.9. The van der Waals surface area contributed by atoms with Gasteiger partial charge in [0.25, 0.3) is 5.69 Å². The zero-order valence-corrected chi connectivity index (χ0v) is 12.9. The summed E-state index contributed by atoms with van der Waals surface area (Å²) in [6.45, 7) is 1.89. The van der Waals surface area contributed by atoms with Crippen LogP contribution >= 0.6 is 0 Å². The van der Waals surface area contributed by atoms with Crippen molar-refractivity contribution in [3.63, 3.8) is 0 Å². The van der Waals surface area contributed by atoms with Crippen molar-refractivity contribution in [3.8, 4) is 17.2 Å². The minimum atomic E-state index is -0.812. The van der Waals surface area contributed by atoms with Gasteiger partial charge in [-0.15, -0.1) is 0 Å². The van der Waals surface area contributed by atoms with Crippen molar-refractivity contribution in [1.29, 1.82) is 0 Å². The number of ether oxygens (including phenoxy) is 2. The molecular formula is C17H13FN2O4. The van der Waals surface area contributed by atoms with Gasteiger partial charge < -0.3 is 9.47 Å². The summed E-state index contributed by atoms with van der Waals surface area (Å²) < 4.78 is 24.9. The van der Waals surface area contributed by atoms with Crippen LogP contribution in [0.1, 0.15) is 5.56 Å². The smallest absolute Gasteiger partial charge is 0.272 e. The predicted molar refractivity (Wildman–Crippen MR) is 86.2 cm³/mol. The molecule has 0 N–H and O–H groups in total. The first kappa shape index (κ1) is 15.7. The van der Waals surface area contributed by atoms with Gasteiger partial charge in [-0.25, -0.2) is 4.39 Å². The van der Waals surface area contributed by atoms with Gasteiger partial charge in [0.1, 0.15) is 11.5 Å². The molecule has 0 amide bonds. The molecule has 2 aromatic carbocycles. The number of non-ortho nitro benzene ring substituents is 1. The molecule has 7 heteroatoms. The number of rotatable bonds is 4. The maximum Gasteiger partial charge on any atom is 0.272 e. The SMILES string of the molecule is COc1cc2c(Oc3ccc([N+](=O)[O-])cc3F)ccnc2cc1C. The first-order valence-electron chi connectivity index (χ1n) is 7.04. The lowest BCUT2D eigenvalue weighted by Gasteiger charge is -2.11. The van der Waals surface area contributed by atoms with E-state index in [0.717, 1.165) is 11.6 Å². The molecule has 3 rings (SSSR count). The average Bonchev–Trinajstić information content (AvgIpc) is 2.56. The number of pyridine rings is 1. The number of nitro benzene ring substituents is 1. The summed E-state index contributed by atoms with van der Waals surface area (Å²) in [6.07, 6.45) is 1.55. The van der Waals surface area contributed by atoms with Crippen LogP contribution in [-0.4, -0.2) is 17.0 Å². The van der Waals surface area contributed by atoms with E-state index in [1.165, 1.54) is 12.1 Å². The van der Waals surface area contributed by atoms with Crippen LogP contribution in [0.5, 0.6) is 17.2 Å². The molecule has 0 unspecified atom stereocenters. The second-order valence-electron chi connectivity index (χ2n) is 5.12. The lowest BCUT2D eigenvalue weighted by atomic mass is 10.1. The summed E-state index contributed by atoms with van der Waals surface area (Å²) in [5.74, 6) is 0.122. The van der Waals surface area contributed by atoms with E-state index in [-0.39, 0.29) is 11.4 Å². The van der Waals surface area contributed by atoms with Gasteiger partial charge in [-0.2, -0.15) is 0 Å². The zero-order chi connectivity index (χ0) is 17.3. The minimum Gasteiger partial charge on any atom is -0.496 e. The quantitative estimate of drug-likeness (QED) is 0.524. The molecule has 122 valence electrons. The van der Waals surface area contributed by atoms with E-state index in [4.69, 9.17) is 9.47 Å². The van der Waals surface area contributed by atoms with Crippen molar-refractivity contribution in [2.24, 2.45) is 0 Å². The highest BCUT2D eigenvalue weighted by Gasteiger charge is 2.14. The van der Waals surface area contributed by atoms with Gasteiger partial charge in [0.05, 0.1) is 23.6 Å². The number of fused-ring (bicyclic) bond motifs is 1. The van der Waals surface area contributed by atoms with Crippen molar-refractivity contribution in [2.45, 2.75) is 6.92 Å². The van der Waals surface area contributed by atoms with Crippen LogP contribution in [-0.2, 0) is 0 Å². The summed E-state index contributed by atoms with van der Waals surface area (Å²) in [4.78, 5) is 14.3. The van der Waals surface area contributed by atoms with E-state index >= 15 is 0 Å². The number of aryl methyl sites for hydroxylation is 1. The highest BCUT2D eigenvalue weighted by Crippen LogP contribution is 2.34. The molecule has 0 saturated heterocycles. The average molecular weight is 328 g/mol. The van der Waals surface area contributed by atoms with Crippen molar-refractivity contribution in [3.05, 3.63) is 64.1 Å². The summed E-state index contributed by atoms with van der Waals surface area (Å²) in [6, 6.07) is 8.43. The fourth-order valence-corrected chi connectivity index (χ4v) is 2.37. The van der Waals surface area contributed by atoms with E-state index in [1.807, 2.05) is 13.0 Å². The van der Waals surface area contributed by atoms with Gasteiger partial charge in [0.2, 0.25) is 0 Å². The van der Waals surface area contributed by atoms with Crippen LogP contribution < -0.4 is 9.47 Å². The molecule has 0 aliphatic heterocycles. The minimum absolute atomic E-state index is 0.104. The Morgan fingerprint density at radius 3 is 2.58 bits per heavy atom. The molecule has 0 fully saturated rings. The van der Waals surface area contributed by atoms with Gasteiger partial charge in [0, 0.05) is 17.6 Å². The monoisotopic (exact) mass is 328 g/mol. The number of aromatic nitrogens is 1. The molecule has 1 heterocycles. The summed E-state index contributed by atoms with van der Waals surface area (Å²) in [7, 11) is 1.56. The molecule has 0 aliphatic rings.